The normalized spacial score (nSPS) is 22.9. The number of rotatable bonds is 6. The molecule has 0 bridgehead atoms. The molecule has 1 unspecified atom stereocenters. The molecule has 102 valence electrons. The highest BCUT2D eigenvalue weighted by molar-refractivity contribution is 4.81. The van der Waals surface area contributed by atoms with Crippen molar-refractivity contribution in [3.05, 3.63) is 0 Å². The van der Waals surface area contributed by atoms with Crippen LogP contribution >= 0.6 is 0 Å². The standard InChI is InChI=1S/C15H32N2/c1-13(2)12-16-9-6-14(3)17-10-7-15(4,5)8-11-17/h13-14,16H,6-12H2,1-5H3. The van der Waals surface area contributed by atoms with Crippen LogP contribution in [0.15, 0.2) is 0 Å². The van der Waals surface area contributed by atoms with Crippen LogP contribution in [0.4, 0.5) is 0 Å². The van der Waals surface area contributed by atoms with Crippen LogP contribution in [0.3, 0.4) is 0 Å². The Kier molecular flexibility index (Phi) is 5.94. The molecule has 0 saturated carbocycles. The predicted molar refractivity (Wildman–Crippen MR) is 76.4 cm³/mol. The molecule has 0 aromatic carbocycles. The molecule has 0 aromatic heterocycles. The fourth-order valence-electron chi connectivity index (χ4n) is 2.45. The average Bonchev–Trinajstić information content (AvgIpc) is 2.23. The monoisotopic (exact) mass is 240 g/mol. The first-order chi connectivity index (χ1) is 7.91. The zero-order chi connectivity index (χ0) is 12.9. The van der Waals surface area contributed by atoms with Gasteiger partial charge in [-0.1, -0.05) is 27.7 Å². The third-order valence-electron chi connectivity index (χ3n) is 4.07. The third kappa shape index (κ3) is 5.87. The smallest absolute Gasteiger partial charge is 0.00790 e. The van der Waals surface area contributed by atoms with Crippen molar-refractivity contribution >= 4 is 0 Å². The minimum Gasteiger partial charge on any atom is -0.316 e. The Hall–Kier alpha value is -0.0800. The molecule has 1 N–H and O–H groups in total. The van der Waals surface area contributed by atoms with E-state index in [2.05, 4.69) is 44.8 Å². The highest BCUT2D eigenvalue weighted by atomic mass is 15.2. The minimum absolute atomic E-state index is 0.576. The molecule has 0 aliphatic carbocycles. The quantitative estimate of drug-likeness (QED) is 0.718. The van der Waals surface area contributed by atoms with Gasteiger partial charge in [0.05, 0.1) is 0 Å². The molecular formula is C15H32N2. The Morgan fingerprint density at radius 1 is 1.12 bits per heavy atom. The van der Waals surface area contributed by atoms with Gasteiger partial charge in [0.1, 0.15) is 0 Å². The molecule has 1 aliphatic rings. The third-order valence-corrected chi connectivity index (χ3v) is 4.07. The van der Waals surface area contributed by atoms with Gasteiger partial charge in [0.15, 0.2) is 0 Å². The summed E-state index contributed by atoms with van der Waals surface area (Å²) < 4.78 is 0. The van der Waals surface area contributed by atoms with E-state index in [0.29, 0.717) is 5.41 Å². The molecule has 1 fully saturated rings. The lowest BCUT2D eigenvalue weighted by Gasteiger charge is -2.40. The molecule has 1 heterocycles. The summed E-state index contributed by atoms with van der Waals surface area (Å²) in [6.07, 6.45) is 4.00. The van der Waals surface area contributed by atoms with Crippen LogP contribution in [-0.4, -0.2) is 37.1 Å². The Balaban J connectivity index is 2.14. The van der Waals surface area contributed by atoms with Gasteiger partial charge in [0.25, 0.3) is 0 Å². The van der Waals surface area contributed by atoms with Crippen LogP contribution in [0.1, 0.15) is 53.9 Å². The van der Waals surface area contributed by atoms with Crippen LogP contribution in [0.25, 0.3) is 0 Å². The van der Waals surface area contributed by atoms with E-state index in [4.69, 9.17) is 0 Å². The summed E-state index contributed by atoms with van der Waals surface area (Å²) in [6, 6.07) is 0.741. The van der Waals surface area contributed by atoms with Crippen molar-refractivity contribution in [3.8, 4) is 0 Å². The van der Waals surface area contributed by atoms with Crippen molar-refractivity contribution < 1.29 is 0 Å². The van der Waals surface area contributed by atoms with E-state index < -0.39 is 0 Å². The molecule has 0 aromatic rings. The summed E-state index contributed by atoms with van der Waals surface area (Å²) >= 11 is 0. The largest absolute Gasteiger partial charge is 0.316 e. The fourth-order valence-corrected chi connectivity index (χ4v) is 2.45. The topological polar surface area (TPSA) is 15.3 Å². The van der Waals surface area contributed by atoms with E-state index in [1.807, 2.05) is 0 Å². The van der Waals surface area contributed by atoms with Crippen LogP contribution < -0.4 is 5.32 Å². The summed E-state index contributed by atoms with van der Waals surface area (Å²) in [5.74, 6) is 0.765. The molecule has 1 aliphatic heterocycles. The molecular weight excluding hydrogens is 208 g/mol. The van der Waals surface area contributed by atoms with Gasteiger partial charge in [-0.2, -0.15) is 0 Å². The second kappa shape index (κ2) is 6.75. The van der Waals surface area contributed by atoms with E-state index >= 15 is 0 Å². The van der Waals surface area contributed by atoms with E-state index in [0.717, 1.165) is 18.5 Å². The second-order valence-corrected chi connectivity index (χ2v) is 6.94. The number of nitrogens with one attached hydrogen (secondary N) is 1. The first kappa shape index (κ1) is 15.0. The van der Waals surface area contributed by atoms with Crippen molar-refractivity contribution in [3.63, 3.8) is 0 Å². The second-order valence-electron chi connectivity index (χ2n) is 6.94. The first-order valence-electron chi connectivity index (χ1n) is 7.35. The van der Waals surface area contributed by atoms with Gasteiger partial charge in [-0.15, -0.1) is 0 Å². The van der Waals surface area contributed by atoms with Crippen molar-refractivity contribution in [2.24, 2.45) is 11.3 Å². The zero-order valence-corrected chi connectivity index (χ0v) is 12.6. The summed E-state index contributed by atoms with van der Waals surface area (Å²) in [7, 11) is 0. The van der Waals surface area contributed by atoms with Crippen molar-refractivity contribution in [1.29, 1.82) is 0 Å². The molecule has 1 saturated heterocycles. The first-order valence-corrected chi connectivity index (χ1v) is 7.35. The Labute approximate surface area is 108 Å². The minimum atomic E-state index is 0.576. The highest BCUT2D eigenvalue weighted by Gasteiger charge is 2.27. The van der Waals surface area contributed by atoms with Gasteiger partial charge >= 0.3 is 0 Å². The van der Waals surface area contributed by atoms with Gasteiger partial charge in [-0.25, -0.2) is 0 Å². The average molecular weight is 240 g/mol. The SMILES string of the molecule is CC(C)CNCCC(C)N1CCC(C)(C)CC1. The highest BCUT2D eigenvalue weighted by Crippen LogP contribution is 2.30. The fraction of sp³-hybridized carbons (Fsp3) is 1.00. The molecule has 17 heavy (non-hydrogen) atoms. The van der Waals surface area contributed by atoms with E-state index in [9.17, 15) is 0 Å². The van der Waals surface area contributed by atoms with E-state index in [1.165, 1.54) is 38.9 Å². The van der Waals surface area contributed by atoms with Gasteiger partial charge in [0.2, 0.25) is 0 Å². The number of piperidine rings is 1. The van der Waals surface area contributed by atoms with Gasteiger partial charge in [-0.05, 0) is 63.7 Å². The number of hydrogen-bond donors (Lipinski definition) is 1. The lowest BCUT2D eigenvalue weighted by atomic mass is 9.82. The number of nitrogens with zero attached hydrogens (tertiary/aromatic N) is 1. The van der Waals surface area contributed by atoms with Crippen LogP contribution in [0, 0.1) is 11.3 Å². The maximum Gasteiger partial charge on any atom is 0.00790 e. The summed E-state index contributed by atoms with van der Waals surface area (Å²) in [6.45, 7) is 16.6. The van der Waals surface area contributed by atoms with E-state index in [1.54, 1.807) is 0 Å². The van der Waals surface area contributed by atoms with Crippen LogP contribution in [0.2, 0.25) is 0 Å². The Bertz CT molecular complexity index is 201. The molecule has 1 atom stereocenters. The molecule has 0 radical (unpaired) electrons. The van der Waals surface area contributed by atoms with E-state index in [-0.39, 0.29) is 0 Å². The van der Waals surface area contributed by atoms with Crippen molar-refractivity contribution in [1.82, 2.24) is 10.2 Å². The Morgan fingerprint density at radius 2 is 1.71 bits per heavy atom. The lowest BCUT2D eigenvalue weighted by Crippen LogP contribution is -2.43. The number of hydrogen-bond acceptors (Lipinski definition) is 2. The summed E-state index contributed by atoms with van der Waals surface area (Å²) in [5, 5.41) is 3.54. The van der Waals surface area contributed by atoms with Crippen molar-refractivity contribution in [2.45, 2.75) is 59.9 Å². The van der Waals surface area contributed by atoms with Crippen LogP contribution in [0.5, 0.6) is 0 Å². The van der Waals surface area contributed by atoms with Crippen LogP contribution in [-0.2, 0) is 0 Å². The Morgan fingerprint density at radius 3 is 2.24 bits per heavy atom. The van der Waals surface area contributed by atoms with Gasteiger partial charge in [-0.3, -0.25) is 0 Å². The maximum absolute atomic E-state index is 3.54. The summed E-state index contributed by atoms with van der Waals surface area (Å²) in [5.41, 5.74) is 0.576. The number of likely N-dealkylation sites (tertiary alicyclic amines) is 1. The molecule has 1 rings (SSSR count). The van der Waals surface area contributed by atoms with Gasteiger partial charge < -0.3 is 10.2 Å². The maximum atomic E-state index is 3.54. The van der Waals surface area contributed by atoms with Crippen molar-refractivity contribution in [2.75, 3.05) is 26.2 Å². The molecule has 0 spiro atoms. The molecule has 2 nitrogen and oxygen atoms in total. The van der Waals surface area contributed by atoms with Gasteiger partial charge in [0, 0.05) is 6.04 Å². The summed E-state index contributed by atoms with van der Waals surface area (Å²) in [4.78, 5) is 2.67. The zero-order valence-electron chi connectivity index (χ0n) is 12.6. The lowest BCUT2D eigenvalue weighted by molar-refractivity contribution is 0.0967. The molecule has 0 amide bonds. The molecule has 2 heteroatoms. The predicted octanol–water partition coefficient (Wildman–Crippen LogP) is 3.13.